The molecule has 1 unspecified atom stereocenters. The Morgan fingerprint density at radius 3 is 2.41 bits per heavy atom. The summed E-state index contributed by atoms with van der Waals surface area (Å²) in [5.41, 5.74) is 3.40. The SMILES string of the molecule is N#Cc1ccc(C2=CCC([C@H]3CCC(c4c(F)cccc4F)=N3)C=C2)cc1. The topological polar surface area (TPSA) is 36.1 Å². The van der Waals surface area contributed by atoms with Crippen molar-refractivity contribution < 1.29 is 8.78 Å². The zero-order chi connectivity index (χ0) is 18.8. The molecule has 1 heterocycles. The van der Waals surface area contributed by atoms with Crippen LogP contribution in [0.5, 0.6) is 0 Å². The van der Waals surface area contributed by atoms with E-state index < -0.39 is 11.6 Å². The van der Waals surface area contributed by atoms with Gasteiger partial charge in [0.25, 0.3) is 0 Å². The normalized spacial score (nSPS) is 21.5. The lowest BCUT2D eigenvalue weighted by atomic mass is 9.87. The van der Waals surface area contributed by atoms with E-state index in [2.05, 4.69) is 29.3 Å². The maximum absolute atomic E-state index is 14.0. The fourth-order valence-corrected chi connectivity index (χ4v) is 3.76. The molecule has 4 rings (SSSR count). The molecule has 2 aliphatic rings. The number of aliphatic imine (C=N–C) groups is 1. The minimum Gasteiger partial charge on any atom is -0.285 e. The Labute approximate surface area is 157 Å². The van der Waals surface area contributed by atoms with E-state index in [0.29, 0.717) is 17.7 Å². The first-order valence-corrected chi connectivity index (χ1v) is 9.05. The van der Waals surface area contributed by atoms with Crippen LogP contribution < -0.4 is 0 Å². The Morgan fingerprint density at radius 1 is 1.04 bits per heavy atom. The van der Waals surface area contributed by atoms with Crippen LogP contribution in [0.15, 0.2) is 65.7 Å². The number of hydrogen-bond acceptors (Lipinski definition) is 2. The second-order valence-corrected chi connectivity index (χ2v) is 6.89. The number of allylic oxidation sites excluding steroid dienone is 3. The monoisotopic (exact) mass is 360 g/mol. The Bertz CT molecular complexity index is 974. The summed E-state index contributed by atoms with van der Waals surface area (Å²) >= 11 is 0. The van der Waals surface area contributed by atoms with Crippen molar-refractivity contribution in [2.75, 3.05) is 0 Å². The Balaban J connectivity index is 1.49. The summed E-state index contributed by atoms with van der Waals surface area (Å²) in [7, 11) is 0. The molecule has 134 valence electrons. The van der Waals surface area contributed by atoms with E-state index in [-0.39, 0.29) is 17.5 Å². The second-order valence-electron chi connectivity index (χ2n) is 6.89. The Morgan fingerprint density at radius 2 is 1.78 bits per heavy atom. The number of halogens is 2. The summed E-state index contributed by atoms with van der Waals surface area (Å²) in [6.45, 7) is 0. The zero-order valence-corrected chi connectivity index (χ0v) is 14.7. The molecular formula is C23H18F2N2. The molecule has 2 nitrogen and oxygen atoms in total. The van der Waals surface area contributed by atoms with Gasteiger partial charge in [-0.2, -0.15) is 5.26 Å². The average Bonchev–Trinajstić information content (AvgIpc) is 3.18. The first-order valence-electron chi connectivity index (χ1n) is 9.05. The van der Waals surface area contributed by atoms with Crippen LogP contribution in [0, 0.1) is 28.9 Å². The third-order valence-corrected chi connectivity index (χ3v) is 5.22. The van der Waals surface area contributed by atoms with Crippen LogP contribution in [-0.4, -0.2) is 11.8 Å². The van der Waals surface area contributed by atoms with Crippen LogP contribution >= 0.6 is 0 Å². The van der Waals surface area contributed by atoms with E-state index in [0.717, 1.165) is 24.0 Å². The molecule has 2 aromatic carbocycles. The molecule has 0 bridgehead atoms. The quantitative estimate of drug-likeness (QED) is 0.717. The summed E-state index contributed by atoms with van der Waals surface area (Å²) < 4.78 is 28.0. The molecule has 1 aliphatic heterocycles. The van der Waals surface area contributed by atoms with E-state index in [1.165, 1.54) is 18.2 Å². The lowest BCUT2D eigenvalue weighted by molar-refractivity contribution is 0.504. The van der Waals surface area contributed by atoms with Gasteiger partial charge in [0.2, 0.25) is 0 Å². The predicted octanol–water partition coefficient (Wildman–Crippen LogP) is 5.45. The highest BCUT2D eigenvalue weighted by atomic mass is 19.1. The maximum Gasteiger partial charge on any atom is 0.135 e. The molecule has 0 amide bonds. The Kier molecular flexibility index (Phi) is 4.68. The zero-order valence-electron chi connectivity index (χ0n) is 14.7. The molecule has 0 fully saturated rings. The number of benzene rings is 2. The third-order valence-electron chi connectivity index (χ3n) is 5.22. The van der Waals surface area contributed by atoms with Gasteiger partial charge in [-0.3, -0.25) is 4.99 Å². The van der Waals surface area contributed by atoms with Crippen LogP contribution in [0.25, 0.3) is 5.57 Å². The Hall–Kier alpha value is -3.06. The lowest BCUT2D eigenvalue weighted by Crippen LogP contribution is -2.15. The van der Waals surface area contributed by atoms with Crippen molar-refractivity contribution in [1.82, 2.24) is 0 Å². The largest absolute Gasteiger partial charge is 0.285 e. The minimum atomic E-state index is -0.545. The number of nitrogens with zero attached hydrogens (tertiary/aromatic N) is 2. The fourth-order valence-electron chi connectivity index (χ4n) is 3.76. The number of hydrogen-bond donors (Lipinski definition) is 0. The molecule has 27 heavy (non-hydrogen) atoms. The van der Waals surface area contributed by atoms with Crippen molar-refractivity contribution >= 4 is 11.3 Å². The summed E-state index contributed by atoms with van der Waals surface area (Å²) in [5.74, 6) is -0.854. The summed E-state index contributed by atoms with van der Waals surface area (Å²) in [5, 5.41) is 8.89. The molecule has 1 aliphatic carbocycles. The van der Waals surface area contributed by atoms with Crippen LogP contribution in [0.1, 0.15) is 36.0 Å². The van der Waals surface area contributed by atoms with Crippen LogP contribution in [0.4, 0.5) is 8.78 Å². The van der Waals surface area contributed by atoms with Crippen molar-refractivity contribution in [1.29, 1.82) is 5.26 Å². The van der Waals surface area contributed by atoms with Gasteiger partial charge in [-0.1, -0.05) is 36.4 Å². The van der Waals surface area contributed by atoms with Crippen molar-refractivity contribution in [3.63, 3.8) is 0 Å². The van der Waals surface area contributed by atoms with Crippen LogP contribution in [0.2, 0.25) is 0 Å². The van der Waals surface area contributed by atoms with Gasteiger partial charge < -0.3 is 0 Å². The van der Waals surface area contributed by atoms with Gasteiger partial charge in [-0.25, -0.2) is 8.78 Å². The van der Waals surface area contributed by atoms with E-state index in [1.807, 2.05) is 24.3 Å². The van der Waals surface area contributed by atoms with E-state index in [1.54, 1.807) is 0 Å². The minimum absolute atomic E-state index is 0.0219. The van der Waals surface area contributed by atoms with Crippen molar-refractivity contribution in [3.8, 4) is 6.07 Å². The predicted molar refractivity (Wildman–Crippen MR) is 102 cm³/mol. The molecular weight excluding hydrogens is 342 g/mol. The molecule has 0 spiro atoms. The highest BCUT2D eigenvalue weighted by molar-refractivity contribution is 6.02. The molecule has 0 aromatic heterocycles. The standard InChI is InChI=1S/C23H18F2N2/c24-19-2-1-3-20(25)23(19)22-13-12-21(27-22)18-10-8-17(9-11-18)16-6-4-15(14-26)5-7-16/h1-10,18,21H,11-13H2/t18?,21-/m1/s1. The van der Waals surface area contributed by atoms with Crippen molar-refractivity contribution in [2.45, 2.75) is 25.3 Å². The first-order chi connectivity index (χ1) is 13.2. The molecule has 0 saturated heterocycles. The van der Waals surface area contributed by atoms with Gasteiger partial charge >= 0.3 is 0 Å². The summed E-state index contributed by atoms with van der Waals surface area (Å²) in [4.78, 5) is 4.64. The molecule has 0 saturated carbocycles. The fraction of sp³-hybridized carbons (Fsp3) is 0.217. The molecule has 2 atom stereocenters. The second kappa shape index (κ2) is 7.28. The van der Waals surface area contributed by atoms with Crippen molar-refractivity contribution in [3.05, 3.63) is 89.0 Å². The van der Waals surface area contributed by atoms with Gasteiger partial charge in [-0.15, -0.1) is 0 Å². The highest BCUT2D eigenvalue weighted by Gasteiger charge is 2.28. The average molecular weight is 360 g/mol. The molecule has 2 aromatic rings. The van der Waals surface area contributed by atoms with Gasteiger partial charge in [0, 0.05) is 11.6 Å². The van der Waals surface area contributed by atoms with E-state index in [4.69, 9.17) is 5.26 Å². The van der Waals surface area contributed by atoms with E-state index in [9.17, 15) is 8.78 Å². The summed E-state index contributed by atoms with van der Waals surface area (Å²) in [6, 6.07) is 13.6. The third kappa shape index (κ3) is 3.46. The van der Waals surface area contributed by atoms with Crippen LogP contribution in [0.3, 0.4) is 0 Å². The smallest absolute Gasteiger partial charge is 0.135 e. The van der Waals surface area contributed by atoms with Crippen molar-refractivity contribution in [2.24, 2.45) is 10.9 Å². The first kappa shape index (κ1) is 17.4. The van der Waals surface area contributed by atoms with Gasteiger partial charge in [-0.05, 0) is 54.7 Å². The summed E-state index contributed by atoms with van der Waals surface area (Å²) in [6.07, 6.45) is 8.63. The van der Waals surface area contributed by atoms with E-state index >= 15 is 0 Å². The number of nitriles is 1. The molecule has 4 heteroatoms. The number of rotatable bonds is 3. The maximum atomic E-state index is 14.0. The van der Waals surface area contributed by atoms with Gasteiger partial charge in [0.05, 0.1) is 23.2 Å². The van der Waals surface area contributed by atoms with Gasteiger partial charge in [0.15, 0.2) is 0 Å². The van der Waals surface area contributed by atoms with Crippen LogP contribution in [-0.2, 0) is 0 Å². The highest BCUT2D eigenvalue weighted by Crippen LogP contribution is 2.33. The lowest BCUT2D eigenvalue weighted by Gasteiger charge is -2.20. The molecule has 0 radical (unpaired) electrons. The van der Waals surface area contributed by atoms with Gasteiger partial charge in [0.1, 0.15) is 11.6 Å². The molecule has 0 N–H and O–H groups in total.